The van der Waals surface area contributed by atoms with E-state index in [0.717, 1.165) is 36.6 Å². The van der Waals surface area contributed by atoms with Gasteiger partial charge in [0.2, 0.25) is 0 Å². The van der Waals surface area contributed by atoms with Crippen LogP contribution < -0.4 is 0 Å². The first-order chi connectivity index (χ1) is 10.8. The number of pyridine rings is 1. The van der Waals surface area contributed by atoms with E-state index in [1.165, 1.54) is 30.4 Å². The van der Waals surface area contributed by atoms with E-state index in [4.69, 9.17) is 4.98 Å². The van der Waals surface area contributed by atoms with E-state index in [1.54, 1.807) is 0 Å². The molecule has 2 aromatic rings. The van der Waals surface area contributed by atoms with Gasteiger partial charge in [0, 0.05) is 18.7 Å². The maximum atomic E-state index is 4.85. The van der Waals surface area contributed by atoms with Crippen molar-refractivity contribution in [2.75, 3.05) is 13.1 Å². The molecule has 114 valence electrons. The zero-order valence-electron chi connectivity index (χ0n) is 13.4. The lowest BCUT2D eigenvalue weighted by Crippen LogP contribution is -2.28. The number of benzene rings is 1. The first kappa shape index (κ1) is 14.8. The van der Waals surface area contributed by atoms with Gasteiger partial charge in [0.15, 0.2) is 0 Å². The molecule has 0 bridgehead atoms. The molecule has 1 fully saturated rings. The molecule has 3 rings (SSSR count). The first-order valence-corrected chi connectivity index (χ1v) is 8.28. The van der Waals surface area contributed by atoms with Crippen molar-refractivity contribution in [2.24, 2.45) is 0 Å². The third kappa shape index (κ3) is 3.22. The minimum atomic E-state index is 1.00. The minimum absolute atomic E-state index is 1.00. The van der Waals surface area contributed by atoms with Crippen LogP contribution in [0.1, 0.15) is 37.4 Å². The van der Waals surface area contributed by atoms with Crippen LogP contribution in [0.4, 0.5) is 0 Å². The molecule has 0 spiro atoms. The minimum Gasteiger partial charge on any atom is -0.370 e. The summed E-state index contributed by atoms with van der Waals surface area (Å²) in [6.07, 6.45) is 4.91. The van der Waals surface area contributed by atoms with E-state index in [1.807, 2.05) is 0 Å². The molecule has 0 radical (unpaired) electrons. The van der Waals surface area contributed by atoms with Crippen LogP contribution in [0.2, 0.25) is 0 Å². The topological polar surface area (TPSA) is 16.1 Å². The standard InChI is InChI=1S/C20H24N2/c1-3-17-9-7-10-18(15-17)20-12-8-11-19(21-20)16(2)22-13-5-4-6-14-22/h7-12,15H,2-6,13-14H2,1H3. The monoisotopic (exact) mass is 292 g/mol. The molecule has 22 heavy (non-hydrogen) atoms. The molecule has 2 heterocycles. The van der Waals surface area contributed by atoms with Crippen molar-refractivity contribution in [3.63, 3.8) is 0 Å². The molecular weight excluding hydrogens is 268 g/mol. The van der Waals surface area contributed by atoms with Gasteiger partial charge in [-0.05, 0) is 49.4 Å². The molecule has 1 aromatic heterocycles. The van der Waals surface area contributed by atoms with Crippen molar-refractivity contribution in [3.8, 4) is 11.3 Å². The normalized spacial score (nSPS) is 14.9. The Labute approximate surface area is 133 Å². The van der Waals surface area contributed by atoms with Crippen LogP contribution in [-0.2, 0) is 6.42 Å². The molecule has 0 unspecified atom stereocenters. The van der Waals surface area contributed by atoms with Gasteiger partial charge in [-0.15, -0.1) is 0 Å². The van der Waals surface area contributed by atoms with Crippen molar-refractivity contribution >= 4 is 5.70 Å². The highest BCUT2D eigenvalue weighted by atomic mass is 15.1. The lowest BCUT2D eigenvalue weighted by molar-refractivity contribution is 0.325. The number of hydrogen-bond acceptors (Lipinski definition) is 2. The van der Waals surface area contributed by atoms with Crippen molar-refractivity contribution in [2.45, 2.75) is 32.6 Å². The van der Waals surface area contributed by atoms with Crippen molar-refractivity contribution < 1.29 is 0 Å². The van der Waals surface area contributed by atoms with Crippen molar-refractivity contribution in [1.29, 1.82) is 0 Å². The molecule has 0 aliphatic carbocycles. The highest BCUT2D eigenvalue weighted by Gasteiger charge is 2.14. The van der Waals surface area contributed by atoms with Gasteiger partial charge in [-0.2, -0.15) is 0 Å². The molecule has 2 heteroatoms. The summed E-state index contributed by atoms with van der Waals surface area (Å²) < 4.78 is 0. The number of rotatable bonds is 4. The third-order valence-electron chi connectivity index (χ3n) is 4.41. The van der Waals surface area contributed by atoms with E-state index in [0.29, 0.717) is 0 Å². The molecular formula is C20H24N2. The number of nitrogens with zero attached hydrogens (tertiary/aromatic N) is 2. The predicted molar refractivity (Wildman–Crippen MR) is 93.5 cm³/mol. The summed E-state index contributed by atoms with van der Waals surface area (Å²) in [5.41, 5.74) is 5.63. The Kier molecular flexibility index (Phi) is 4.57. The maximum absolute atomic E-state index is 4.85. The number of aromatic nitrogens is 1. The Hall–Kier alpha value is -2.09. The van der Waals surface area contributed by atoms with E-state index < -0.39 is 0 Å². The fourth-order valence-electron chi connectivity index (χ4n) is 3.03. The largest absolute Gasteiger partial charge is 0.370 e. The third-order valence-corrected chi connectivity index (χ3v) is 4.41. The fourth-order valence-corrected chi connectivity index (χ4v) is 3.03. The van der Waals surface area contributed by atoms with Crippen LogP contribution in [0, 0.1) is 0 Å². The van der Waals surface area contributed by atoms with Gasteiger partial charge in [0.1, 0.15) is 0 Å². The lowest BCUT2D eigenvalue weighted by atomic mass is 10.1. The van der Waals surface area contributed by atoms with Gasteiger partial charge >= 0.3 is 0 Å². The zero-order chi connectivity index (χ0) is 15.4. The summed E-state index contributed by atoms with van der Waals surface area (Å²) >= 11 is 0. The van der Waals surface area contributed by atoms with E-state index >= 15 is 0 Å². The van der Waals surface area contributed by atoms with Crippen LogP contribution >= 0.6 is 0 Å². The Balaban J connectivity index is 1.87. The van der Waals surface area contributed by atoms with Gasteiger partial charge in [0.05, 0.1) is 17.1 Å². The van der Waals surface area contributed by atoms with Gasteiger partial charge in [-0.25, -0.2) is 4.98 Å². The van der Waals surface area contributed by atoms with Crippen molar-refractivity contribution in [1.82, 2.24) is 9.88 Å². The summed E-state index contributed by atoms with van der Waals surface area (Å²) in [5, 5.41) is 0. The number of piperidine rings is 1. The van der Waals surface area contributed by atoms with Crippen LogP contribution in [0.25, 0.3) is 17.0 Å². The summed E-state index contributed by atoms with van der Waals surface area (Å²) in [6, 6.07) is 14.9. The molecule has 1 aliphatic heterocycles. The molecule has 2 nitrogen and oxygen atoms in total. The van der Waals surface area contributed by atoms with E-state index in [9.17, 15) is 0 Å². The summed E-state index contributed by atoms with van der Waals surface area (Å²) in [4.78, 5) is 7.23. The molecule has 0 amide bonds. The van der Waals surface area contributed by atoms with E-state index in [-0.39, 0.29) is 0 Å². The first-order valence-electron chi connectivity index (χ1n) is 8.28. The Morgan fingerprint density at radius 3 is 2.64 bits per heavy atom. The smallest absolute Gasteiger partial charge is 0.0864 e. The highest BCUT2D eigenvalue weighted by molar-refractivity contribution is 5.65. The molecule has 1 aromatic carbocycles. The highest BCUT2D eigenvalue weighted by Crippen LogP contribution is 2.24. The quantitative estimate of drug-likeness (QED) is 0.807. The average Bonchev–Trinajstić information content (AvgIpc) is 2.62. The molecule has 1 aliphatic rings. The number of hydrogen-bond donors (Lipinski definition) is 0. The predicted octanol–water partition coefficient (Wildman–Crippen LogP) is 4.77. The molecule has 0 atom stereocenters. The van der Waals surface area contributed by atoms with Crippen LogP contribution in [-0.4, -0.2) is 23.0 Å². The second-order valence-corrected chi connectivity index (χ2v) is 5.96. The van der Waals surface area contributed by atoms with Crippen LogP contribution in [0.3, 0.4) is 0 Å². The van der Waals surface area contributed by atoms with Gasteiger partial charge in [0.25, 0.3) is 0 Å². The summed E-state index contributed by atoms with van der Waals surface area (Å²) in [5.74, 6) is 0. The Bertz CT molecular complexity index is 654. The van der Waals surface area contributed by atoms with Gasteiger partial charge in [-0.1, -0.05) is 37.8 Å². The summed E-state index contributed by atoms with van der Waals surface area (Å²) in [7, 11) is 0. The van der Waals surface area contributed by atoms with E-state index in [2.05, 4.69) is 60.9 Å². The number of likely N-dealkylation sites (tertiary alicyclic amines) is 1. The second kappa shape index (κ2) is 6.78. The molecule has 0 saturated carbocycles. The average molecular weight is 292 g/mol. The van der Waals surface area contributed by atoms with Gasteiger partial charge < -0.3 is 4.90 Å². The van der Waals surface area contributed by atoms with Gasteiger partial charge in [-0.3, -0.25) is 0 Å². The Morgan fingerprint density at radius 2 is 1.86 bits per heavy atom. The Morgan fingerprint density at radius 1 is 1.09 bits per heavy atom. The van der Waals surface area contributed by atoms with Crippen LogP contribution in [0.15, 0.2) is 49.0 Å². The zero-order valence-corrected chi connectivity index (χ0v) is 13.4. The number of aryl methyl sites for hydroxylation is 1. The maximum Gasteiger partial charge on any atom is 0.0864 e. The fraction of sp³-hybridized carbons (Fsp3) is 0.350. The second-order valence-electron chi connectivity index (χ2n) is 5.96. The molecule has 1 saturated heterocycles. The molecule has 0 N–H and O–H groups in total. The van der Waals surface area contributed by atoms with Crippen molar-refractivity contribution in [3.05, 3.63) is 60.3 Å². The lowest BCUT2D eigenvalue weighted by Gasteiger charge is -2.30. The summed E-state index contributed by atoms with van der Waals surface area (Å²) in [6.45, 7) is 8.68. The van der Waals surface area contributed by atoms with Crippen LogP contribution in [0.5, 0.6) is 0 Å². The SMILES string of the molecule is C=C(c1cccc(-c2cccc(CC)c2)n1)N1CCCCC1.